The Hall–Kier alpha value is -3.64. The van der Waals surface area contributed by atoms with E-state index in [2.05, 4.69) is 94.2 Å². The molecule has 0 aliphatic carbocycles. The van der Waals surface area contributed by atoms with Gasteiger partial charge in [-0.3, -0.25) is 0 Å². The fourth-order valence-electron chi connectivity index (χ4n) is 3.89. The van der Waals surface area contributed by atoms with Crippen LogP contribution < -0.4 is 21.8 Å². The molecule has 0 aromatic heterocycles. The summed E-state index contributed by atoms with van der Waals surface area (Å²) in [6.07, 6.45) is 7.36. The largest absolute Gasteiger partial charge is 0.399 e. The third-order valence-electron chi connectivity index (χ3n) is 7.22. The summed E-state index contributed by atoms with van der Waals surface area (Å²) in [6.45, 7) is 28.7. The van der Waals surface area contributed by atoms with Crippen LogP contribution in [0.5, 0.6) is 0 Å². The number of carbonyl (C=O) groups excluding carboxylic acids is 1. The number of benzene rings is 3. The predicted octanol–water partition coefficient (Wildman–Crippen LogP) is 9.04. The quantitative estimate of drug-likeness (QED) is 0.146. The second-order valence-corrected chi connectivity index (χ2v) is 11.0. The van der Waals surface area contributed by atoms with Crippen molar-refractivity contribution in [2.24, 2.45) is 5.92 Å². The summed E-state index contributed by atoms with van der Waals surface area (Å²) in [7, 11) is 5.37. The molecular formula is C42H70BN4O+. The van der Waals surface area contributed by atoms with Gasteiger partial charge in [0.1, 0.15) is 21.2 Å². The maximum atomic E-state index is 8.00. The molecule has 0 amide bonds. The highest BCUT2D eigenvalue weighted by molar-refractivity contribution is 6.32. The Balaban J connectivity index is -0.000000525. The third-order valence-corrected chi connectivity index (χ3v) is 7.22. The first-order valence-electron chi connectivity index (χ1n) is 17.9. The van der Waals surface area contributed by atoms with Gasteiger partial charge in [-0.25, -0.2) is 0 Å². The van der Waals surface area contributed by atoms with E-state index in [9.17, 15) is 0 Å². The van der Waals surface area contributed by atoms with Gasteiger partial charge in [0.05, 0.1) is 5.70 Å². The molecule has 0 atom stereocenters. The van der Waals surface area contributed by atoms with Crippen molar-refractivity contribution in [3.8, 4) is 0 Å². The van der Waals surface area contributed by atoms with Gasteiger partial charge in [-0.2, -0.15) is 4.58 Å². The Morgan fingerprint density at radius 3 is 1.52 bits per heavy atom. The highest BCUT2D eigenvalue weighted by atomic mass is 16.1. The van der Waals surface area contributed by atoms with Gasteiger partial charge in [0.25, 0.3) is 5.70 Å². The van der Waals surface area contributed by atoms with Crippen LogP contribution in [0.2, 0.25) is 0 Å². The van der Waals surface area contributed by atoms with Crippen LogP contribution in [0, 0.1) is 19.8 Å². The first-order chi connectivity index (χ1) is 23.2. The molecule has 1 fully saturated rings. The SMILES string of the molecule is C=O.CC.CC.CCC(C)CC.CC[N+]1=CC/1=C(\C)NC1CCNCC1.Cc1ccccc1.Cc1ccccc1.[B]c1ccc(N)cc1. The van der Waals surface area contributed by atoms with Crippen LogP contribution in [0.25, 0.3) is 0 Å². The van der Waals surface area contributed by atoms with E-state index in [0.717, 1.165) is 36.7 Å². The number of allylic oxidation sites excluding steroid dienone is 2. The number of nitrogens with one attached hydrogen (secondary N) is 2. The van der Waals surface area contributed by atoms with Gasteiger partial charge in [0.15, 0.2) is 0 Å². The Morgan fingerprint density at radius 2 is 1.25 bits per heavy atom. The molecule has 2 aliphatic rings. The number of hydrogen-bond donors (Lipinski definition) is 3. The normalized spacial score (nSPS) is 13.1. The van der Waals surface area contributed by atoms with E-state index in [4.69, 9.17) is 18.4 Å². The summed E-state index contributed by atoms with van der Waals surface area (Å²) in [5, 5.41) is 6.99. The van der Waals surface area contributed by atoms with Gasteiger partial charge in [-0.05, 0) is 71.7 Å². The lowest BCUT2D eigenvalue weighted by atomic mass is 9.96. The van der Waals surface area contributed by atoms with E-state index in [0.29, 0.717) is 6.04 Å². The fraction of sp³-hybridized carbons (Fsp3) is 0.476. The molecule has 1 saturated heterocycles. The maximum absolute atomic E-state index is 8.00. The van der Waals surface area contributed by atoms with Crippen molar-refractivity contribution in [3.63, 3.8) is 0 Å². The molecule has 266 valence electrons. The Labute approximate surface area is 298 Å². The van der Waals surface area contributed by atoms with Gasteiger partial charge in [-0.1, -0.05) is 151 Å². The highest BCUT2D eigenvalue weighted by Gasteiger charge is 2.30. The van der Waals surface area contributed by atoms with Crippen molar-refractivity contribution in [3.05, 3.63) is 107 Å². The molecule has 2 radical (unpaired) electrons. The lowest BCUT2D eigenvalue weighted by molar-refractivity contribution is -0.400. The summed E-state index contributed by atoms with van der Waals surface area (Å²) in [6, 6.07) is 28.3. The summed E-state index contributed by atoms with van der Waals surface area (Å²) in [5.41, 5.74) is 12.3. The third kappa shape index (κ3) is 28.6. The van der Waals surface area contributed by atoms with Crippen molar-refractivity contribution >= 4 is 32.0 Å². The van der Waals surface area contributed by atoms with E-state index in [1.807, 2.05) is 70.9 Å². The molecule has 5 nitrogen and oxygen atoms in total. The standard InChI is InChI=1S/C11H19N3.2C7H8.C6H6BN.C6H14.2C2H6.CH2O/c1-3-14-8-11(14)9(2)13-10-4-6-12-7-5-10;2*1-7-5-3-2-4-6-7;7-5-1-3-6(8)4-2-5;1-4-6(3)5-2;3*1-2/h8,10,12H,3-7H2,1-2H3;2*2-6H,1H3;1-4H,8H2;6H,4-5H2,1-3H3;2*1-2H3;1H2/p+1. The van der Waals surface area contributed by atoms with Crippen molar-refractivity contribution in [2.45, 2.75) is 108 Å². The molecule has 48 heavy (non-hydrogen) atoms. The molecule has 3 aromatic carbocycles. The van der Waals surface area contributed by atoms with E-state index in [1.54, 1.807) is 24.3 Å². The van der Waals surface area contributed by atoms with Crippen LogP contribution in [0.3, 0.4) is 0 Å². The Morgan fingerprint density at radius 1 is 0.833 bits per heavy atom. The van der Waals surface area contributed by atoms with Crippen LogP contribution in [-0.2, 0) is 4.79 Å². The second kappa shape index (κ2) is 34.7. The van der Waals surface area contributed by atoms with Gasteiger partial charge in [-0.15, -0.1) is 0 Å². The molecule has 4 N–H and O–H groups in total. The number of rotatable bonds is 5. The molecule has 0 saturated carbocycles. The number of nitrogen functional groups attached to an aromatic ring is 1. The van der Waals surface area contributed by atoms with Crippen molar-refractivity contribution in [1.82, 2.24) is 10.6 Å². The Bertz CT molecular complexity index is 1100. The minimum absolute atomic E-state index is 0.677. The Kier molecular flexibility index (Phi) is 35.2. The molecule has 2 aliphatic heterocycles. The van der Waals surface area contributed by atoms with Gasteiger partial charge in [0.2, 0.25) is 6.21 Å². The minimum Gasteiger partial charge on any atom is -0.399 e. The number of hydrogen-bond acceptors (Lipinski definition) is 4. The number of carbonyl (C=O) groups is 1. The molecule has 0 spiro atoms. The summed E-state index contributed by atoms with van der Waals surface area (Å²) < 4.78 is 2.28. The lowest BCUT2D eigenvalue weighted by Gasteiger charge is -2.24. The van der Waals surface area contributed by atoms with Gasteiger partial charge >= 0.3 is 0 Å². The van der Waals surface area contributed by atoms with Gasteiger partial charge in [0, 0.05) is 11.7 Å². The van der Waals surface area contributed by atoms with Gasteiger partial charge < -0.3 is 21.2 Å². The van der Waals surface area contributed by atoms with E-state index < -0.39 is 0 Å². The zero-order valence-corrected chi connectivity index (χ0v) is 32.5. The summed E-state index contributed by atoms with van der Waals surface area (Å²) in [4.78, 5) is 8.00. The number of aryl methyl sites for hydroxylation is 2. The fourth-order valence-corrected chi connectivity index (χ4v) is 3.89. The van der Waals surface area contributed by atoms with E-state index >= 15 is 0 Å². The van der Waals surface area contributed by atoms with Crippen LogP contribution in [0.4, 0.5) is 5.69 Å². The zero-order chi connectivity index (χ0) is 37.2. The first kappa shape index (κ1) is 48.8. The average Bonchev–Trinajstić information content (AvgIpc) is 3.95. The first-order valence-corrected chi connectivity index (χ1v) is 17.9. The van der Waals surface area contributed by atoms with Crippen LogP contribution in [0.1, 0.15) is 99.1 Å². The van der Waals surface area contributed by atoms with Crippen molar-refractivity contribution in [2.75, 3.05) is 25.4 Å². The molecule has 2 heterocycles. The molecule has 6 heteroatoms. The van der Waals surface area contributed by atoms with E-state index in [-0.39, 0.29) is 0 Å². The maximum Gasteiger partial charge on any atom is 0.288 e. The predicted molar refractivity (Wildman–Crippen MR) is 217 cm³/mol. The zero-order valence-electron chi connectivity index (χ0n) is 32.5. The average molecular weight is 658 g/mol. The molecule has 0 bridgehead atoms. The second-order valence-electron chi connectivity index (χ2n) is 11.0. The molecular weight excluding hydrogens is 587 g/mol. The van der Waals surface area contributed by atoms with Crippen molar-refractivity contribution in [1.29, 1.82) is 0 Å². The van der Waals surface area contributed by atoms with Crippen molar-refractivity contribution < 1.29 is 9.37 Å². The van der Waals surface area contributed by atoms with Crippen LogP contribution in [-0.4, -0.2) is 51.1 Å². The lowest BCUT2D eigenvalue weighted by Crippen LogP contribution is -2.39. The minimum atomic E-state index is 0.677. The number of nitrogens with zero attached hydrogens (tertiary/aromatic N) is 1. The summed E-state index contributed by atoms with van der Waals surface area (Å²) in [5.74, 6) is 0.935. The molecule has 5 rings (SSSR count). The van der Waals surface area contributed by atoms with E-state index in [1.165, 1.54) is 48.2 Å². The van der Waals surface area contributed by atoms with Crippen LogP contribution in [0.15, 0.2) is 96.3 Å². The number of anilines is 1. The monoisotopic (exact) mass is 658 g/mol. The smallest absolute Gasteiger partial charge is 0.288 e. The van der Waals surface area contributed by atoms with Crippen LogP contribution >= 0.6 is 0 Å². The highest BCUT2D eigenvalue weighted by Crippen LogP contribution is 2.14. The molecule has 3 aromatic rings. The number of nitrogens with two attached hydrogens (primary N) is 1. The summed E-state index contributed by atoms with van der Waals surface area (Å²) >= 11 is 0. The number of piperidine rings is 1. The molecule has 0 unspecified atom stereocenters. The topological polar surface area (TPSA) is 70.2 Å².